The average molecular weight is 227 g/mol. The molecular weight excluding hydrogens is 209 g/mol. The number of likely N-dealkylation sites (N-methyl/N-ethyl adjacent to an activating group) is 1. The van der Waals surface area contributed by atoms with E-state index in [9.17, 15) is 9.50 Å². The normalized spacial score (nSPS) is 12.6. The van der Waals surface area contributed by atoms with Gasteiger partial charge in [0.05, 0.1) is 12.7 Å². The van der Waals surface area contributed by atoms with Crippen molar-refractivity contribution in [1.29, 1.82) is 0 Å². The summed E-state index contributed by atoms with van der Waals surface area (Å²) in [6, 6.07) is 3.04. The van der Waals surface area contributed by atoms with Gasteiger partial charge in [0.2, 0.25) is 0 Å². The molecule has 3 nitrogen and oxygen atoms in total. The molecule has 0 unspecified atom stereocenters. The molecular formula is C12H18FNO2. The van der Waals surface area contributed by atoms with Crippen LogP contribution in [0.5, 0.6) is 0 Å². The zero-order chi connectivity index (χ0) is 12.3. The minimum atomic E-state index is -0.730. The second-order valence-electron chi connectivity index (χ2n) is 3.98. The second-order valence-corrected chi connectivity index (χ2v) is 3.98. The second kappa shape index (κ2) is 5.27. The smallest absolute Gasteiger partial charge is 0.126 e. The van der Waals surface area contributed by atoms with E-state index >= 15 is 0 Å². The molecule has 0 amide bonds. The van der Waals surface area contributed by atoms with E-state index < -0.39 is 6.10 Å². The first kappa shape index (κ1) is 12.9. The van der Waals surface area contributed by atoms with Gasteiger partial charge >= 0.3 is 0 Å². The largest absolute Gasteiger partial charge is 0.395 e. The molecule has 1 aromatic rings. The lowest BCUT2D eigenvalue weighted by Crippen LogP contribution is -2.23. The van der Waals surface area contributed by atoms with Gasteiger partial charge in [-0.25, -0.2) is 4.39 Å². The fourth-order valence-corrected chi connectivity index (χ4v) is 1.62. The van der Waals surface area contributed by atoms with E-state index in [4.69, 9.17) is 5.11 Å². The molecule has 0 aliphatic rings. The van der Waals surface area contributed by atoms with Crippen LogP contribution < -0.4 is 4.90 Å². The van der Waals surface area contributed by atoms with Gasteiger partial charge in [-0.15, -0.1) is 0 Å². The van der Waals surface area contributed by atoms with Crippen LogP contribution in [0.3, 0.4) is 0 Å². The average Bonchev–Trinajstić information content (AvgIpc) is 2.21. The van der Waals surface area contributed by atoms with E-state index in [0.29, 0.717) is 17.7 Å². The molecule has 1 rings (SSSR count). The van der Waals surface area contributed by atoms with Crippen molar-refractivity contribution in [2.45, 2.75) is 20.0 Å². The molecule has 0 saturated heterocycles. The van der Waals surface area contributed by atoms with E-state index in [1.165, 1.54) is 6.07 Å². The Bertz CT molecular complexity index is 366. The topological polar surface area (TPSA) is 43.7 Å². The Kier molecular flexibility index (Phi) is 4.26. The van der Waals surface area contributed by atoms with Gasteiger partial charge in [-0.3, -0.25) is 0 Å². The molecule has 90 valence electrons. The summed E-state index contributed by atoms with van der Waals surface area (Å²) in [7, 11) is 1.80. The highest BCUT2D eigenvalue weighted by Crippen LogP contribution is 2.28. The molecule has 1 aromatic carbocycles. The SMILES string of the molecule is Cc1cc(N(C)CCO)c([C@@H](C)O)cc1F. The Morgan fingerprint density at radius 3 is 2.56 bits per heavy atom. The van der Waals surface area contributed by atoms with Crippen LogP contribution in [0, 0.1) is 12.7 Å². The van der Waals surface area contributed by atoms with E-state index in [0.717, 1.165) is 5.69 Å². The number of hydrogen-bond acceptors (Lipinski definition) is 3. The number of benzene rings is 1. The van der Waals surface area contributed by atoms with Crippen LogP contribution in [-0.4, -0.2) is 30.4 Å². The fourth-order valence-electron chi connectivity index (χ4n) is 1.62. The van der Waals surface area contributed by atoms with Crippen molar-refractivity contribution in [3.05, 3.63) is 29.1 Å². The van der Waals surface area contributed by atoms with Gasteiger partial charge in [-0.05, 0) is 31.5 Å². The Morgan fingerprint density at radius 1 is 1.44 bits per heavy atom. The number of aliphatic hydroxyl groups excluding tert-OH is 2. The van der Waals surface area contributed by atoms with Gasteiger partial charge in [-0.1, -0.05) is 0 Å². The molecule has 0 saturated carbocycles. The van der Waals surface area contributed by atoms with E-state index in [-0.39, 0.29) is 12.4 Å². The Hall–Kier alpha value is -1.13. The van der Waals surface area contributed by atoms with Crippen molar-refractivity contribution in [2.24, 2.45) is 0 Å². The number of anilines is 1. The summed E-state index contributed by atoms with van der Waals surface area (Å²) in [4.78, 5) is 1.80. The van der Waals surface area contributed by atoms with Crippen LogP contribution in [0.4, 0.5) is 10.1 Å². The lowest BCUT2D eigenvalue weighted by molar-refractivity contribution is 0.199. The maximum absolute atomic E-state index is 13.4. The maximum atomic E-state index is 13.4. The molecule has 0 aliphatic carbocycles. The van der Waals surface area contributed by atoms with Crippen LogP contribution in [0.15, 0.2) is 12.1 Å². The lowest BCUT2D eigenvalue weighted by Gasteiger charge is -2.23. The van der Waals surface area contributed by atoms with Crippen molar-refractivity contribution in [3.8, 4) is 0 Å². The molecule has 2 N–H and O–H groups in total. The van der Waals surface area contributed by atoms with Gasteiger partial charge in [-0.2, -0.15) is 0 Å². The van der Waals surface area contributed by atoms with Crippen LogP contribution >= 0.6 is 0 Å². The summed E-state index contributed by atoms with van der Waals surface area (Å²) in [6.07, 6.45) is -0.730. The summed E-state index contributed by atoms with van der Waals surface area (Å²) < 4.78 is 13.4. The van der Waals surface area contributed by atoms with Gasteiger partial charge in [0.1, 0.15) is 5.82 Å². The van der Waals surface area contributed by atoms with Crippen molar-refractivity contribution < 1.29 is 14.6 Å². The number of halogens is 1. The molecule has 0 aromatic heterocycles. The predicted molar refractivity (Wildman–Crippen MR) is 62.1 cm³/mol. The Labute approximate surface area is 95.1 Å². The highest BCUT2D eigenvalue weighted by atomic mass is 19.1. The zero-order valence-electron chi connectivity index (χ0n) is 9.87. The number of nitrogens with zero attached hydrogens (tertiary/aromatic N) is 1. The minimum absolute atomic E-state index is 0.0200. The summed E-state index contributed by atoms with van der Waals surface area (Å²) in [5.74, 6) is -0.322. The highest BCUT2D eigenvalue weighted by Gasteiger charge is 2.14. The number of rotatable bonds is 4. The Balaban J connectivity index is 3.19. The molecule has 0 fully saturated rings. The highest BCUT2D eigenvalue weighted by molar-refractivity contribution is 5.56. The molecule has 0 aliphatic heterocycles. The first-order valence-corrected chi connectivity index (χ1v) is 5.27. The monoisotopic (exact) mass is 227 g/mol. The van der Waals surface area contributed by atoms with Gasteiger partial charge in [0.25, 0.3) is 0 Å². The first-order valence-electron chi connectivity index (χ1n) is 5.27. The lowest BCUT2D eigenvalue weighted by atomic mass is 10.0. The zero-order valence-corrected chi connectivity index (χ0v) is 9.87. The first-order chi connectivity index (χ1) is 7.47. The molecule has 0 radical (unpaired) electrons. The predicted octanol–water partition coefficient (Wildman–Crippen LogP) is 1.62. The van der Waals surface area contributed by atoms with Gasteiger partial charge in [0.15, 0.2) is 0 Å². The van der Waals surface area contributed by atoms with Crippen LogP contribution in [0.1, 0.15) is 24.2 Å². The number of hydrogen-bond donors (Lipinski definition) is 2. The molecule has 0 spiro atoms. The van der Waals surface area contributed by atoms with E-state index in [1.807, 2.05) is 0 Å². The molecule has 16 heavy (non-hydrogen) atoms. The third-order valence-corrected chi connectivity index (χ3v) is 2.60. The molecule has 0 bridgehead atoms. The van der Waals surface area contributed by atoms with Crippen LogP contribution in [0.25, 0.3) is 0 Å². The third kappa shape index (κ3) is 2.71. The van der Waals surface area contributed by atoms with Crippen molar-refractivity contribution >= 4 is 5.69 Å². The maximum Gasteiger partial charge on any atom is 0.126 e. The molecule has 1 atom stereocenters. The number of aryl methyl sites for hydroxylation is 1. The molecule has 4 heteroatoms. The van der Waals surface area contributed by atoms with Crippen molar-refractivity contribution in [1.82, 2.24) is 0 Å². The van der Waals surface area contributed by atoms with Crippen molar-refractivity contribution in [2.75, 3.05) is 25.1 Å². The summed E-state index contributed by atoms with van der Waals surface area (Å²) in [6.45, 7) is 3.74. The van der Waals surface area contributed by atoms with E-state index in [1.54, 1.807) is 31.9 Å². The summed E-state index contributed by atoms with van der Waals surface area (Å²) in [5.41, 5.74) is 1.83. The van der Waals surface area contributed by atoms with E-state index in [2.05, 4.69) is 0 Å². The third-order valence-electron chi connectivity index (χ3n) is 2.60. The molecule has 0 heterocycles. The van der Waals surface area contributed by atoms with Gasteiger partial charge < -0.3 is 15.1 Å². The standard InChI is InChI=1S/C12H18FNO2/c1-8-6-12(14(3)4-5-15)10(9(2)16)7-11(8)13/h6-7,9,15-16H,4-5H2,1-3H3/t9-/m1/s1. The minimum Gasteiger partial charge on any atom is -0.395 e. The quantitative estimate of drug-likeness (QED) is 0.821. The van der Waals surface area contributed by atoms with Crippen LogP contribution in [-0.2, 0) is 0 Å². The summed E-state index contributed by atoms with van der Waals surface area (Å²) >= 11 is 0. The van der Waals surface area contributed by atoms with Gasteiger partial charge in [0, 0.05) is 24.8 Å². The fraction of sp³-hybridized carbons (Fsp3) is 0.500. The summed E-state index contributed by atoms with van der Waals surface area (Å²) in [5, 5.41) is 18.5. The Morgan fingerprint density at radius 2 is 2.06 bits per heavy atom. The van der Waals surface area contributed by atoms with Crippen molar-refractivity contribution in [3.63, 3.8) is 0 Å². The van der Waals surface area contributed by atoms with Crippen LogP contribution in [0.2, 0.25) is 0 Å². The number of aliphatic hydroxyl groups is 2.